The Morgan fingerprint density at radius 1 is 1.09 bits per heavy atom. The smallest absolute Gasteiger partial charge is 0.261 e. The summed E-state index contributed by atoms with van der Waals surface area (Å²) in [6.07, 6.45) is 5.51. The number of rotatable bonds is 8. The van der Waals surface area contributed by atoms with Crippen LogP contribution in [0.2, 0.25) is 0 Å². The van der Waals surface area contributed by atoms with Crippen molar-refractivity contribution < 1.29 is 14.3 Å². The zero-order chi connectivity index (χ0) is 24.0. The summed E-state index contributed by atoms with van der Waals surface area (Å²) in [6, 6.07) is 11.2. The SMILES string of the molecule is Cc1cc(OCC(=O)N(Cc2cccc(Br)c2)[C@@H](C)C(=O)NC2CCCCC2)cc(C)c1Br. The molecule has 178 valence electrons. The minimum Gasteiger partial charge on any atom is -0.484 e. The predicted molar refractivity (Wildman–Crippen MR) is 138 cm³/mol. The van der Waals surface area contributed by atoms with E-state index in [0.29, 0.717) is 12.3 Å². The molecule has 33 heavy (non-hydrogen) atoms. The number of nitrogens with zero attached hydrogens (tertiary/aromatic N) is 1. The summed E-state index contributed by atoms with van der Waals surface area (Å²) in [6.45, 7) is 5.98. The van der Waals surface area contributed by atoms with E-state index in [1.165, 1.54) is 6.42 Å². The van der Waals surface area contributed by atoms with E-state index in [9.17, 15) is 9.59 Å². The van der Waals surface area contributed by atoms with E-state index < -0.39 is 6.04 Å². The van der Waals surface area contributed by atoms with Crippen LogP contribution >= 0.6 is 31.9 Å². The highest BCUT2D eigenvalue weighted by Crippen LogP contribution is 2.26. The second-order valence-electron chi connectivity index (χ2n) is 8.83. The van der Waals surface area contributed by atoms with Crippen LogP contribution in [0.25, 0.3) is 0 Å². The first-order chi connectivity index (χ1) is 15.7. The molecule has 1 aliphatic carbocycles. The molecule has 5 nitrogen and oxygen atoms in total. The van der Waals surface area contributed by atoms with Gasteiger partial charge in [-0.1, -0.05) is 63.3 Å². The third-order valence-corrected chi connectivity index (χ3v) is 7.88. The maximum Gasteiger partial charge on any atom is 0.261 e. The number of nitrogens with one attached hydrogen (secondary N) is 1. The van der Waals surface area contributed by atoms with E-state index in [2.05, 4.69) is 37.2 Å². The number of amides is 2. The summed E-state index contributed by atoms with van der Waals surface area (Å²) in [4.78, 5) is 27.9. The Hall–Kier alpha value is -1.86. The molecule has 0 spiro atoms. The molecule has 2 aromatic rings. The Kier molecular flexibility index (Phi) is 9.38. The van der Waals surface area contributed by atoms with Gasteiger partial charge in [-0.2, -0.15) is 0 Å². The second kappa shape index (κ2) is 12.0. The maximum atomic E-state index is 13.3. The molecule has 0 bridgehead atoms. The number of carbonyl (C=O) groups excluding carboxylic acids is 2. The molecule has 1 fully saturated rings. The molecule has 2 aromatic carbocycles. The first-order valence-electron chi connectivity index (χ1n) is 11.5. The predicted octanol–water partition coefficient (Wildman–Crippen LogP) is 6.07. The van der Waals surface area contributed by atoms with Gasteiger partial charge in [0.2, 0.25) is 5.91 Å². The molecule has 0 aliphatic heterocycles. The third-order valence-electron chi connectivity index (χ3n) is 6.13. The van der Waals surface area contributed by atoms with Gasteiger partial charge in [-0.05, 0) is 74.6 Å². The van der Waals surface area contributed by atoms with Gasteiger partial charge in [0.1, 0.15) is 11.8 Å². The number of benzene rings is 2. The Morgan fingerprint density at radius 3 is 2.39 bits per heavy atom. The van der Waals surface area contributed by atoms with Gasteiger partial charge < -0.3 is 15.0 Å². The molecule has 3 rings (SSSR count). The topological polar surface area (TPSA) is 58.6 Å². The molecule has 1 N–H and O–H groups in total. The molecule has 0 radical (unpaired) electrons. The molecule has 7 heteroatoms. The summed E-state index contributed by atoms with van der Waals surface area (Å²) in [5.74, 6) is 0.309. The summed E-state index contributed by atoms with van der Waals surface area (Å²) in [5, 5.41) is 3.16. The highest BCUT2D eigenvalue weighted by Gasteiger charge is 2.28. The van der Waals surface area contributed by atoms with E-state index >= 15 is 0 Å². The fraction of sp³-hybridized carbons (Fsp3) is 0.462. The number of hydrogen-bond acceptors (Lipinski definition) is 3. The van der Waals surface area contributed by atoms with Crippen molar-refractivity contribution in [3.8, 4) is 5.75 Å². The van der Waals surface area contributed by atoms with Gasteiger partial charge in [-0.25, -0.2) is 0 Å². The Balaban J connectivity index is 1.73. The lowest BCUT2D eigenvalue weighted by Gasteiger charge is -2.31. The van der Waals surface area contributed by atoms with E-state index in [1.54, 1.807) is 11.8 Å². The van der Waals surface area contributed by atoms with Crippen LogP contribution in [0.15, 0.2) is 45.3 Å². The number of aryl methyl sites for hydroxylation is 2. The second-order valence-corrected chi connectivity index (χ2v) is 10.5. The van der Waals surface area contributed by atoms with E-state index in [4.69, 9.17) is 4.74 Å². The van der Waals surface area contributed by atoms with Crippen molar-refractivity contribution in [3.63, 3.8) is 0 Å². The first-order valence-corrected chi connectivity index (χ1v) is 13.1. The third kappa shape index (κ3) is 7.31. The van der Waals surface area contributed by atoms with Gasteiger partial charge in [0, 0.05) is 21.5 Å². The monoisotopic (exact) mass is 578 g/mol. The van der Waals surface area contributed by atoms with Crippen molar-refractivity contribution >= 4 is 43.7 Å². The van der Waals surface area contributed by atoms with E-state index in [0.717, 1.165) is 51.3 Å². The molecule has 0 saturated heterocycles. The van der Waals surface area contributed by atoms with Crippen LogP contribution < -0.4 is 10.1 Å². The molecule has 0 aromatic heterocycles. The van der Waals surface area contributed by atoms with E-state index in [1.807, 2.05) is 50.2 Å². The lowest BCUT2D eigenvalue weighted by Crippen LogP contribution is -2.51. The standard InChI is InChI=1S/C26H32Br2N2O3/c1-17-12-23(13-18(2)25(17)28)33-16-24(31)30(15-20-8-7-9-21(27)14-20)19(3)26(32)29-22-10-5-4-6-11-22/h7-9,12-14,19,22H,4-6,10-11,15-16H2,1-3H3,(H,29,32)/t19-/m0/s1. The van der Waals surface area contributed by atoms with Crippen molar-refractivity contribution in [1.29, 1.82) is 0 Å². The maximum absolute atomic E-state index is 13.3. The fourth-order valence-corrected chi connectivity index (χ4v) is 4.88. The average Bonchev–Trinajstić information content (AvgIpc) is 2.79. The van der Waals surface area contributed by atoms with Crippen LogP contribution in [-0.4, -0.2) is 35.4 Å². The summed E-state index contributed by atoms with van der Waals surface area (Å²) >= 11 is 7.05. The van der Waals surface area contributed by atoms with Gasteiger partial charge in [0.15, 0.2) is 6.61 Å². The van der Waals surface area contributed by atoms with Crippen LogP contribution in [0.3, 0.4) is 0 Å². The largest absolute Gasteiger partial charge is 0.484 e. The quantitative estimate of drug-likeness (QED) is 0.413. The van der Waals surface area contributed by atoms with Crippen LogP contribution in [0.5, 0.6) is 5.75 Å². The molecule has 0 heterocycles. The van der Waals surface area contributed by atoms with Gasteiger partial charge in [0.05, 0.1) is 0 Å². The van der Waals surface area contributed by atoms with Gasteiger partial charge in [-0.3, -0.25) is 9.59 Å². The summed E-state index contributed by atoms with van der Waals surface area (Å²) in [5.41, 5.74) is 3.04. The van der Waals surface area contributed by atoms with Crippen LogP contribution in [0.1, 0.15) is 55.7 Å². The number of ether oxygens (including phenoxy) is 1. The summed E-state index contributed by atoms with van der Waals surface area (Å²) in [7, 11) is 0. The zero-order valence-corrected chi connectivity index (χ0v) is 22.7. The van der Waals surface area contributed by atoms with Crippen LogP contribution in [-0.2, 0) is 16.1 Å². The lowest BCUT2D eigenvalue weighted by atomic mass is 9.95. The summed E-state index contributed by atoms with van der Waals surface area (Å²) < 4.78 is 7.82. The molecule has 0 unspecified atom stereocenters. The highest BCUT2D eigenvalue weighted by atomic mass is 79.9. The van der Waals surface area contributed by atoms with Gasteiger partial charge >= 0.3 is 0 Å². The van der Waals surface area contributed by atoms with Crippen molar-refractivity contribution in [2.24, 2.45) is 0 Å². The number of hydrogen-bond donors (Lipinski definition) is 1. The fourth-order valence-electron chi connectivity index (χ4n) is 4.20. The van der Waals surface area contributed by atoms with Crippen molar-refractivity contribution in [3.05, 3.63) is 62.0 Å². The van der Waals surface area contributed by atoms with Gasteiger partial charge in [0.25, 0.3) is 5.91 Å². The first kappa shape index (κ1) is 25.8. The lowest BCUT2D eigenvalue weighted by molar-refractivity contribution is -0.142. The molecule has 1 atom stereocenters. The molecule has 1 aliphatic rings. The van der Waals surface area contributed by atoms with Gasteiger partial charge in [-0.15, -0.1) is 0 Å². The van der Waals surface area contributed by atoms with Crippen molar-refractivity contribution in [2.75, 3.05) is 6.61 Å². The number of halogens is 2. The normalized spacial score (nSPS) is 15.1. The van der Waals surface area contributed by atoms with Crippen molar-refractivity contribution in [1.82, 2.24) is 10.2 Å². The minimum atomic E-state index is -0.601. The molecular weight excluding hydrogens is 548 g/mol. The molecule has 2 amide bonds. The molecular formula is C26H32Br2N2O3. The Bertz CT molecular complexity index is 966. The van der Waals surface area contributed by atoms with Crippen LogP contribution in [0.4, 0.5) is 0 Å². The Labute approximate surface area is 213 Å². The minimum absolute atomic E-state index is 0.111. The molecule has 1 saturated carbocycles. The zero-order valence-electron chi connectivity index (χ0n) is 19.5. The van der Waals surface area contributed by atoms with E-state index in [-0.39, 0.29) is 24.5 Å². The van der Waals surface area contributed by atoms with Crippen molar-refractivity contribution in [2.45, 2.75) is 71.5 Å². The number of carbonyl (C=O) groups is 2. The van der Waals surface area contributed by atoms with Crippen LogP contribution in [0, 0.1) is 13.8 Å². The Morgan fingerprint density at radius 2 is 1.76 bits per heavy atom. The highest BCUT2D eigenvalue weighted by molar-refractivity contribution is 9.10. The average molecular weight is 580 g/mol.